The zero-order chi connectivity index (χ0) is 17.6. The van der Waals surface area contributed by atoms with Crippen LogP contribution in [0, 0.1) is 0 Å². The number of hydrogen-bond donors (Lipinski definition) is 2. The molecule has 0 radical (unpaired) electrons. The molecule has 7 nitrogen and oxygen atoms in total. The summed E-state index contributed by atoms with van der Waals surface area (Å²) in [5.41, 5.74) is -2.02. The summed E-state index contributed by atoms with van der Waals surface area (Å²) in [6.45, 7) is 3.02. The molecule has 0 amide bonds. The third kappa shape index (κ3) is 3.28. The number of alkyl halides is 3. The summed E-state index contributed by atoms with van der Waals surface area (Å²) in [5, 5.41) is 23.6. The molecule has 0 bridgehead atoms. The number of rotatable bonds is 2. The van der Waals surface area contributed by atoms with Gasteiger partial charge in [-0.05, 0) is 19.8 Å². The van der Waals surface area contributed by atoms with Crippen molar-refractivity contribution < 1.29 is 32.6 Å². The van der Waals surface area contributed by atoms with E-state index in [2.05, 4.69) is 14.7 Å². The van der Waals surface area contributed by atoms with E-state index in [0.29, 0.717) is 39.0 Å². The predicted molar refractivity (Wildman–Crippen MR) is 73.7 cm³/mol. The molecule has 0 aromatic carbocycles. The molecule has 1 spiro atoms. The van der Waals surface area contributed by atoms with E-state index in [1.54, 1.807) is 6.92 Å². The third-order valence-corrected chi connectivity index (χ3v) is 4.87. The molecule has 0 aliphatic carbocycles. The van der Waals surface area contributed by atoms with Crippen LogP contribution in [-0.2, 0) is 17.5 Å². The monoisotopic (exact) mass is 351 g/mol. The molecule has 3 heterocycles. The molecule has 2 atom stereocenters. The number of halogens is 3. The van der Waals surface area contributed by atoms with Crippen molar-refractivity contribution in [2.45, 2.75) is 56.2 Å². The van der Waals surface area contributed by atoms with Gasteiger partial charge in [0.05, 0.1) is 24.4 Å². The van der Waals surface area contributed by atoms with Gasteiger partial charge < -0.3 is 19.5 Å². The van der Waals surface area contributed by atoms with Gasteiger partial charge in [-0.1, -0.05) is 5.16 Å². The number of ether oxygens (including phenoxy) is 1. The highest BCUT2D eigenvalue weighted by molar-refractivity contribution is 5.04. The molecule has 1 aromatic rings. The molecule has 24 heavy (non-hydrogen) atoms. The number of likely N-dealkylation sites (tertiary alicyclic amines) is 1. The van der Waals surface area contributed by atoms with Crippen molar-refractivity contribution >= 4 is 0 Å². The van der Waals surface area contributed by atoms with Gasteiger partial charge in [0.1, 0.15) is 6.10 Å². The largest absolute Gasteiger partial charge is 0.455 e. The Morgan fingerprint density at radius 3 is 2.54 bits per heavy atom. The first-order valence-corrected chi connectivity index (χ1v) is 7.79. The summed E-state index contributed by atoms with van der Waals surface area (Å²) in [5.74, 6) is -1.39. The van der Waals surface area contributed by atoms with Gasteiger partial charge in [0.15, 0.2) is 0 Å². The number of piperidine rings is 1. The number of nitrogens with zero attached hydrogens (tertiary/aromatic N) is 3. The molecule has 2 aliphatic heterocycles. The molecular formula is C14H20F3N3O4. The van der Waals surface area contributed by atoms with Crippen molar-refractivity contribution in [2.24, 2.45) is 0 Å². The highest BCUT2D eigenvalue weighted by Gasteiger charge is 2.52. The van der Waals surface area contributed by atoms with E-state index in [-0.39, 0.29) is 12.4 Å². The van der Waals surface area contributed by atoms with E-state index in [1.807, 2.05) is 4.90 Å². The van der Waals surface area contributed by atoms with Crippen LogP contribution in [0.2, 0.25) is 0 Å². The third-order valence-electron chi connectivity index (χ3n) is 4.87. The number of aliphatic hydroxyl groups is 2. The Kier molecular flexibility index (Phi) is 4.35. The summed E-state index contributed by atoms with van der Waals surface area (Å²) < 4.78 is 47.8. The minimum absolute atomic E-state index is 0.101. The summed E-state index contributed by atoms with van der Waals surface area (Å²) >= 11 is 0. The maximum Gasteiger partial charge on any atom is 0.455 e. The summed E-state index contributed by atoms with van der Waals surface area (Å²) in [6.07, 6.45) is -4.34. The van der Waals surface area contributed by atoms with Crippen LogP contribution in [0.15, 0.2) is 4.52 Å². The molecule has 2 aliphatic rings. The van der Waals surface area contributed by atoms with Crippen LogP contribution >= 0.6 is 0 Å². The minimum atomic E-state index is -4.63. The highest BCUT2D eigenvalue weighted by Crippen LogP contribution is 2.40. The van der Waals surface area contributed by atoms with Crippen LogP contribution in [-0.4, -0.2) is 62.3 Å². The van der Waals surface area contributed by atoms with E-state index in [0.717, 1.165) is 0 Å². The van der Waals surface area contributed by atoms with Crippen LogP contribution < -0.4 is 0 Å². The predicted octanol–water partition coefficient (Wildman–Crippen LogP) is 0.955. The molecule has 0 unspecified atom stereocenters. The Morgan fingerprint density at radius 1 is 1.29 bits per heavy atom. The van der Waals surface area contributed by atoms with Gasteiger partial charge in [-0.2, -0.15) is 18.2 Å². The van der Waals surface area contributed by atoms with E-state index in [1.165, 1.54) is 0 Å². The number of aromatic nitrogens is 2. The van der Waals surface area contributed by atoms with Crippen molar-refractivity contribution in [3.05, 3.63) is 11.7 Å². The quantitative estimate of drug-likeness (QED) is 0.820. The fourth-order valence-electron chi connectivity index (χ4n) is 3.38. The molecule has 10 heteroatoms. The Labute approximate surface area is 136 Å². The van der Waals surface area contributed by atoms with Crippen LogP contribution in [0.4, 0.5) is 13.2 Å². The summed E-state index contributed by atoms with van der Waals surface area (Å²) in [6, 6.07) is 0. The van der Waals surface area contributed by atoms with E-state index < -0.39 is 29.3 Å². The van der Waals surface area contributed by atoms with Gasteiger partial charge in [-0.15, -0.1) is 0 Å². The Balaban J connectivity index is 1.60. The van der Waals surface area contributed by atoms with Crippen molar-refractivity contribution in [3.63, 3.8) is 0 Å². The zero-order valence-corrected chi connectivity index (χ0v) is 13.2. The first kappa shape index (κ1) is 17.6. The maximum atomic E-state index is 12.5. The lowest BCUT2D eigenvalue weighted by Crippen LogP contribution is -2.64. The molecule has 2 fully saturated rings. The first-order valence-electron chi connectivity index (χ1n) is 7.79. The molecule has 136 valence electrons. The van der Waals surface area contributed by atoms with Gasteiger partial charge in [-0.25, -0.2) is 0 Å². The smallest absolute Gasteiger partial charge is 0.387 e. The topological polar surface area (TPSA) is 91.9 Å². The van der Waals surface area contributed by atoms with Crippen LogP contribution in [0.25, 0.3) is 0 Å². The fourth-order valence-corrected chi connectivity index (χ4v) is 3.38. The molecule has 2 saturated heterocycles. The molecule has 0 saturated carbocycles. The fraction of sp³-hybridized carbons (Fsp3) is 0.857. The maximum absolute atomic E-state index is 12.5. The average Bonchev–Trinajstić information content (AvgIpc) is 2.96. The van der Waals surface area contributed by atoms with Crippen molar-refractivity contribution in [1.82, 2.24) is 15.0 Å². The highest BCUT2D eigenvalue weighted by atomic mass is 19.4. The van der Waals surface area contributed by atoms with Crippen LogP contribution in [0.5, 0.6) is 0 Å². The van der Waals surface area contributed by atoms with Crippen molar-refractivity contribution in [1.29, 1.82) is 0 Å². The Hall–Kier alpha value is -1.23. The van der Waals surface area contributed by atoms with Crippen LogP contribution in [0.1, 0.15) is 37.9 Å². The second-order valence-electron chi connectivity index (χ2n) is 6.71. The molecule has 3 rings (SSSR count). The lowest BCUT2D eigenvalue weighted by molar-refractivity contribution is -0.246. The van der Waals surface area contributed by atoms with Gasteiger partial charge >= 0.3 is 6.18 Å². The van der Waals surface area contributed by atoms with Crippen molar-refractivity contribution in [2.75, 3.05) is 19.7 Å². The lowest BCUT2D eigenvalue weighted by Gasteiger charge is -2.51. The second-order valence-corrected chi connectivity index (χ2v) is 6.71. The molecule has 1 aromatic heterocycles. The Morgan fingerprint density at radius 2 is 1.96 bits per heavy atom. The van der Waals surface area contributed by atoms with Gasteiger partial charge in [0, 0.05) is 19.5 Å². The first-order chi connectivity index (χ1) is 11.1. The minimum Gasteiger partial charge on any atom is -0.387 e. The number of hydrogen-bond acceptors (Lipinski definition) is 7. The zero-order valence-electron chi connectivity index (χ0n) is 13.2. The standard InChI is InChI=1S/C14H20F3N3O4/c1-12(22)4-7-23-13(10(12)21)2-5-20(6-3-13)8-9-18-11(19-24-9)14(15,16)17/h10,21-22H,2-8H2,1H3/t10-,12+/m0/s1. The van der Waals surface area contributed by atoms with Gasteiger partial charge in [0.25, 0.3) is 5.82 Å². The summed E-state index contributed by atoms with van der Waals surface area (Å²) in [4.78, 5) is 5.21. The normalized spacial score (nSPS) is 31.5. The second kappa shape index (κ2) is 5.94. The van der Waals surface area contributed by atoms with E-state index in [4.69, 9.17) is 4.74 Å². The van der Waals surface area contributed by atoms with Crippen LogP contribution in [0.3, 0.4) is 0 Å². The molecule has 2 N–H and O–H groups in total. The molecular weight excluding hydrogens is 331 g/mol. The Bertz CT molecular complexity index is 582. The summed E-state index contributed by atoms with van der Waals surface area (Å²) in [7, 11) is 0. The van der Waals surface area contributed by atoms with E-state index >= 15 is 0 Å². The SMILES string of the molecule is C[C@@]1(O)CCOC2(CCN(Cc3nc(C(F)(F)F)no3)CC2)[C@H]1O. The van der Waals surface area contributed by atoms with Gasteiger partial charge in [0.2, 0.25) is 5.89 Å². The van der Waals surface area contributed by atoms with Crippen molar-refractivity contribution in [3.8, 4) is 0 Å². The average molecular weight is 351 g/mol. The van der Waals surface area contributed by atoms with Gasteiger partial charge in [-0.3, -0.25) is 4.90 Å². The number of aliphatic hydroxyl groups excluding tert-OH is 1. The lowest BCUT2D eigenvalue weighted by atomic mass is 9.75. The van der Waals surface area contributed by atoms with E-state index in [9.17, 15) is 23.4 Å².